The number of hydrogen-bond acceptors (Lipinski definition) is 1. The second kappa shape index (κ2) is 4.23. The summed E-state index contributed by atoms with van der Waals surface area (Å²) in [5.74, 6) is 0.562. The Morgan fingerprint density at radius 1 is 1.40 bits per heavy atom. The molecule has 0 unspecified atom stereocenters. The van der Waals surface area contributed by atoms with E-state index in [4.69, 9.17) is 11.6 Å². The predicted molar refractivity (Wildman–Crippen MR) is 60.7 cm³/mol. The molecule has 1 fully saturated rings. The molecule has 1 amide bonds. The maximum atomic E-state index is 11.7. The lowest BCUT2D eigenvalue weighted by molar-refractivity contribution is -0.131. The summed E-state index contributed by atoms with van der Waals surface area (Å²) >= 11 is 5.79. The molecule has 1 saturated carbocycles. The van der Waals surface area contributed by atoms with Crippen LogP contribution in [0.5, 0.6) is 0 Å². The predicted octanol–water partition coefficient (Wildman–Crippen LogP) is 2.71. The van der Waals surface area contributed by atoms with Crippen molar-refractivity contribution < 1.29 is 4.79 Å². The van der Waals surface area contributed by atoms with Crippen LogP contribution in [0, 0.1) is 5.92 Å². The van der Waals surface area contributed by atoms with Crippen LogP contribution in [0.2, 0.25) is 5.02 Å². The molecular weight excluding hydrogens is 210 g/mol. The molecule has 0 heterocycles. The molecule has 15 heavy (non-hydrogen) atoms. The van der Waals surface area contributed by atoms with E-state index in [-0.39, 0.29) is 5.91 Å². The Kier molecular flexibility index (Phi) is 2.96. The van der Waals surface area contributed by atoms with Crippen molar-refractivity contribution >= 4 is 17.5 Å². The molecule has 2 rings (SSSR count). The first-order chi connectivity index (χ1) is 7.16. The van der Waals surface area contributed by atoms with Gasteiger partial charge in [0.2, 0.25) is 5.91 Å². The van der Waals surface area contributed by atoms with E-state index in [1.54, 1.807) is 4.90 Å². The van der Waals surface area contributed by atoms with E-state index >= 15 is 0 Å². The summed E-state index contributed by atoms with van der Waals surface area (Å²) in [4.78, 5) is 13.5. The third-order valence-electron chi connectivity index (χ3n) is 2.64. The highest BCUT2D eigenvalue weighted by atomic mass is 35.5. The maximum absolute atomic E-state index is 11.7. The molecule has 0 radical (unpaired) electrons. The van der Waals surface area contributed by atoms with Crippen molar-refractivity contribution in [3.63, 3.8) is 0 Å². The Morgan fingerprint density at radius 2 is 2.00 bits per heavy atom. The van der Waals surface area contributed by atoms with Crippen molar-refractivity contribution in [1.29, 1.82) is 0 Å². The molecule has 1 aliphatic carbocycles. The molecular formula is C12H14ClNO. The Balaban J connectivity index is 1.95. The first-order valence-corrected chi connectivity index (χ1v) is 5.54. The molecule has 0 aliphatic heterocycles. The molecule has 3 heteroatoms. The van der Waals surface area contributed by atoms with Crippen LogP contribution >= 0.6 is 11.6 Å². The van der Waals surface area contributed by atoms with Crippen LogP contribution in [-0.2, 0) is 11.3 Å². The van der Waals surface area contributed by atoms with E-state index in [0.717, 1.165) is 23.4 Å². The molecule has 80 valence electrons. The number of halogens is 1. The first-order valence-electron chi connectivity index (χ1n) is 5.16. The Hall–Kier alpha value is -1.02. The SMILES string of the molecule is CN(Cc1ccc(Cl)cc1)C(=O)C1CC1. The fourth-order valence-electron chi connectivity index (χ4n) is 1.58. The molecule has 0 aromatic heterocycles. The van der Waals surface area contributed by atoms with Crippen LogP contribution in [0.25, 0.3) is 0 Å². The van der Waals surface area contributed by atoms with Crippen LogP contribution in [0.15, 0.2) is 24.3 Å². The fourth-order valence-corrected chi connectivity index (χ4v) is 1.71. The van der Waals surface area contributed by atoms with Gasteiger partial charge in [0.25, 0.3) is 0 Å². The number of benzene rings is 1. The van der Waals surface area contributed by atoms with Crippen molar-refractivity contribution in [3.8, 4) is 0 Å². The Labute approximate surface area is 94.8 Å². The minimum Gasteiger partial charge on any atom is -0.341 e. The number of carbonyl (C=O) groups is 1. The van der Waals surface area contributed by atoms with E-state index in [1.165, 1.54) is 0 Å². The normalized spacial score (nSPS) is 15.1. The number of carbonyl (C=O) groups excluding carboxylic acids is 1. The largest absolute Gasteiger partial charge is 0.341 e. The lowest BCUT2D eigenvalue weighted by Crippen LogP contribution is -2.27. The van der Waals surface area contributed by atoms with E-state index < -0.39 is 0 Å². The van der Waals surface area contributed by atoms with Gasteiger partial charge >= 0.3 is 0 Å². The standard InChI is InChI=1S/C12H14ClNO/c1-14(12(15)10-4-5-10)8-9-2-6-11(13)7-3-9/h2-3,6-7,10H,4-5,8H2,1H3. The average molecular weight is 224 g/mol. The summed E-state index contributed by atoms with van der Waals surface area (Å²) in [5, 5.41) is 0.731. The van der Waals surface area contributed by atoms with E-state index in [2.05, 4.69) is 0 Å². The van der Waals surface area contributed by atoms with Crippen molar-refractivity contribution in [1.82, 2.24) is 4.90 Å². The highest BCUT2D eigenvalue weighted by Gasteiger charge is 2.31. The van der Waals surface area contributed by atoms with Gasteiger partial charge in [-0.25, -0.2) is 0 Å². The smallest absolute Gasteiger partial charge is 0.225 e. The zero-order valence-corrected chi connectivity index (χ0v) is 9.50. The first kappa shape index (κ1) is 10.5. The minimum atomic E-state index is 0.268. The zero-order valence-electron chi connectivity index (χ0n) is 8.74. The molecule has 0 N–H and O–H groups in total. The molecule has 0 spiro atoms. The number of hydrogen-bond donors (Lipinski definition) is 0. The second-order valence-electron chi connectivity index (χ2n) is 4.10. The van der Waals surface area contributed by atoms with Gasteiger partial charge in [0.05, 0.1) is 0 Å². The van der Waals surface area contributed by atoms with E-state index in [0.29, 0.717) is 12.5 Å². The third kappa shape index (κ3) is 2.72. The van der Waals surface area contributed by atoms with Crippen molar-refractivity contribution in [2.24, 2.45) is 5.92 Å². The molecule has 1 aromatic carbocycles. The van der Waals surface area contributed by atoms with Gasteiger partial charge in [-0.15, -0.1) is 0 Å². The molecule has 2 nitrogen and oxygen atoms in total. The van der Waals surface area contributed by atoms with Gasteiger partial charge in [-0.1, -0.05) is 23.7 Å². The average Bonchev–Trinajstić information content (AvgIpc) is 3.04. The lowest BCUT2D eigenvalue weighted by Gasteiger charge is -2.16. The monoisotopic (exact) mass is 223 g/mol. The molecule has 0 saturated heterocycles. The summed E-state index contributed by atoms with van der Waals surface area (Å²) in [5.41, 5.74) is 1.12. The van der Waals surface area contributed by atoms with Crippen LogP contribution in [0.4, 0.5) is 0 Å². The Morgan fingerprint density at radius 3 is 2.53 bits per heavy atom. The van der Waals surface area contributed by atoms with Gasteiger partial charge in [-0.05, 0) is 30.5 Å². The number of rotatable bonds is 3. The van der Waals surface area contributed by atoms with Crippen molar-refractivity contribution in [2.75, 3.05) is 7.05 Å². The van der Waals surface area contributed by atoms with Crippen LogP contribution in [0.1, 0.15) is 18.4 Å². The summed E-state index contributed by atoms with van der Waals surface area (Å²) < 4.78 is 0. The van der Waals surface area contributed by atoms with Crippen LogP contribution in [-0.4, -0.2) is 17.9 Å². The topological polar surface area (TPSA) is 20.3 Å². The minimum absolute atomic E-state index is 0.268. The van der Waals surface area contributed by atoms with E-state index in [1.807, 2.05) is 31.3 Å². The van der Waals surface area contributed by atoms with Crippen molar-refractivity contribution in [3.05, 3.63) is 34.9 Å². The molecule has 0 atom stereocenters. The van der Waals surface area contributed by atoms with Gasteiger partial charge in [0.15, 0.2) is 0 Å². The summed E-state index contributed by atoms with van der Waals surface area (Å²) in [6.45, 7) is 0.673. The summed E-state index contributed by atoms with van der Waals surface area (Å²) in [7, 11) is 1.86. The highest BCUT2D eigenvalue weighted by molar-refractivity contribution is 6.30. The second-order valence-corrected chi connectivity index (χ2v) is 4.53. The van der Waals surface area contributed by atoms with Crippen molar-refractivity contribution in [2.45, 2.75) is 19.4 Å². The summed E-state index contributed by atoms with van der Waals surface area (Å²) in [6.07, 6.45) is 2.12. The quantitative estimate of drug-likeness (QED) is 0.772. The van der Waals surface area contributed by atoms with E-state index in [9.17, 15) is 4.79 Å². The van der Waals surface area contributed by atoms with Gasteiger partial charge in [0, 0.05) is 24.5 Å². The molecule has 0 bridgehead atoms. The Bertz CT molecular complexity index is 356. The van der Waals surface area contributed by atoms with Crippen LogP contribution in [0.3, 0.4) is 0 Å². The van der Waals surface area contributed by atoms with Gasteiger partial charge in [-0.2, -0.15) is 0 Å². The fraction of sp³-hybridized carbons (Fsp3) is 0.417. The van der Waals surface area contributed by atoms with Crippen LogP contribution < -0.4 is 0 Å². The lowest BCUT2D eigenvalue weighted by atomic mass is 10.2. The number of nitrogens with zero attached hydrogens (tertiary/aromatic N) is 1. The molecule has 1 aromatic rings. The maximum Gasteiger partial charge on any atom is 0.225 e. The van der Waals surface area contributed by atoms with Gasteiger partial charge < -0.3 is 4.90 Å². The molecule has 1 aliphatic rings. The highest BCUT2D eigenvalue weighted by Crippen LogP contribution is 2.31. The third-order valence-corrected chi connectivity index (χ3v) is 2.89. The zero-order chi connectivity index (χ0) is 10.8. The number of amides is 1. The van der Waals surface area contributed by atoms with Gasteiger partial charge in [0.1, 0.15) is 0 Å². The van der Waals surface area contributed by atoms with Gasteiger partial charge in [-0.3, -0.25) is 4.79 Å². The summed E-state index contributed by atoms with van der Waals surface area (Å²) in [6, 6.07) is 7.62.